The second-order valence-electron chi connectivity index (χ2n) is 2.40. The van der Waals surface area contributed by atoms with E-state index in [0.717, 1.165) is 6.26 Å². The number of carbonyl (C=O) groups is 1. The Kier molecular flexibility index (Phi) is 2.53. The summed E-state index contributed by atoms with van der Waals surface area (Å²) in [5.74, 6) is 0. The highest BCUT2D eigenvalue weighted by atomic mass is 32.2. The molecule has 1 N–H and O–H groups in total. The Bertz CT molecular complexity index is 272. The van der Waals surface area contributed by atoms with Crippen LogP contribution in [0.4, 0.5) is 4.79 Å². The topological polar surface area (TPSA) is 81.7 Å². The second kappa shape index (κ2) is 3.28. The predicted molar refractivity (Wildman–Crippen MR) is 39.1 cm³/mol. The molecule has 0 radical (unpaired) electrons. The number of hydrogen-bond donors (Lipinski definition) is 1. The molecular formula is C5H9NO5S. The van der Waals surface area contributed by atoms with E-state index in [9.17, 15) is 13.2 Å². The molecule has 12 heavy (non-hydrogen) atoms. The normalized spacial score (nSPS) is 23.4. The van der Waals surface area contributed by atoms with E-state index >= 15 is 0 Å². The Morgan fingerprint density at radius 3 is 2.83 bits per heavy atom. The minimum atomic E-state index is -3.45. The van der Waals surface area contributed by atoms with E-state index in [1.54, 1.807) is 0 Å². The quantitative estimate of drug-likeness (QED) is 0.588. The van der Waals surface area contributed by atoms with Crippen molar-refractivity contribution in [2.24, 2.45) is 0 Å². The van der Waals surface area contributed by atoms with Crippen LogP contribution in [-0.2, 0) is 19.0 Å². The molecule has 70 valence electrons. The minimum Gasteiger partial charge on any atom is -0.442 e. The summed E-state index contributed by atoms with van der Waals surface area (Å²) in [6, 6.07) is 0. The molecule has 1 rings (SSSR count). The molecule has 0 aromatic heterocycles. The van der Waals surface area contributed by atoms with Gasteiger partial charge >= 0.3 is 6.09 Å². The van der Waals surface area contributed by atoms with Crippen LogP contribution in [0.5, 0.6) is 0 Å². The molecular weight excluding hydrogens is 186 g/mol. The van der Waals surface area contributed by atoms with Crippen molar-refractivity contribution < 1.29 is 22.1 Å². The number of rotatable bonds is 3. The van der Waals surface area contributed by atoms with Gasteiger partial charge in [0, 0.05) is 0 Å². The van der Waals surface area contributed by atoms with Crippen LogP contribution >= 0.6 is 0 Å². The molecule has 7 heteroatoms. The third-order valence-electron chi connectivity index (χ3n) is 1.22. The molecule has 0 spiro atoms. The van der Waals surface area contributed by atoms with Crippen LogP contribution in [0.2, 0.25) is 0 Å². The van der Waals surface area contributed by atoms with Crippen molar-refractivity contribution in [1.29, 1.82) is 0 Å². The highest BCUT2D eigenvalue weighted by molar-refractivity contribution is 7.85. The van der Waals surface area contributed by atoms with Crippen LogP contribution in [0.15, 0.2) is 0 Å². The third-order valence-corrected chi connectivity index (χ3v) is 1.78. The van der Waals surface area contributed by atoms with Gasteiger partial charge in [-0.2, -0.15) is 8.42 Å². The lowest BCUT2D eigenvalue weighted by molar-refractivity contribution is 0.107. The summed E-state index contributed by atoms with van der Waals surface area (Å²) in [6.07, 6.45) is -0.110. The van der Waals surface area contributed by atoms with Crippen molar-refractivity contribution in [2.45, 2.75) is 6.10 Å². The number of hydrogen-bond acceptors (Lipinski definition) is 5. The first-order valence-corrected chi connectivity index (χ1v) is 5.08. The molecule has 1 aliphatic rings. The van der Waals surface area contributed by atoms with Gasteiger partial charge in [0.2, 0.25) is 0 Å². The van der Waals surface area contributed by atoms with Crippen molar-refractivity contribution in [3.63, 3.8) is 0 Å². The van der Waals surface area contributed by atoms with Crippen LogP contribution in [0.1, 0.15) is 0 Å². The summed E-state index contributed by atoms with van der Waals surface area (Å²) in [5, 5.41) is 2.37. The van der Waals surface area contributed by atoms with Crippen molar-refractivity contribution >= 4 is 16.2 Å². The minimum absolute atomic E-state index is 0.127. The Balaban J connectivity index is 2.30. The highest BCUT2D eigenvalue weighted by Crippen LogP contribution is 2.01. The Labute approximate surface area is 70.0 Å². The molecule has 0 saturated carbocycles. The van der Waals surface area contributed by atoms with E-state index in [0.29, 0.717) is 0 Å². The van der Waals surface area contributed by atoms with Crippen LogP contribution in [0.25, 0.3) is 0 Å². The van der Waals surface area contributed by atoms with E-state index in [4.69, 9.17) is 0 Å². The average Bonchev–Trinajstić information content (AvgIpc) is 2.30. The van der Waals surface area contributed by atoms with Gasteiger partial charge in [-0.3, -0.25) is 4.18 Å². The fourth-order valence-corrected chi connectivity index (χ4v) is 1.12. The Hall–Kier alpha value is -0.820. The molecule has 0 bridgehead atoms. The van der Waals surface area contributed by atoms with Gasteiger partial charge in [-0.25, -0.2) is 4.79 Å². The molecule has 1 atom stereocenters. The molecule has 1 heterocycles. The van der Waals surface area contributed by atoms with Gasteiger partial charge in [-0.05, 0) is 0 Å². The van der Waals surface area contributed by atoms with E-state index in [1.807, 2.05) is 0 Å². The predicted octanol–water partition coefficient (Wildman–Crippen LogP) is -0.929. The number of amides is 1. The molecule has 1 amide bonds. The van der Waals surface area contributed by atoms with Gasteiger partial charge in [0.15, 0.2) is 0 Å². The number of alkyl carbamates (subject to hydrolysis) is 1. The Morgan fingerprint density at radius 1 is 1.75 bits per heavy atom. The van der Waals surface area contributed by atoms with Crippen molar-refractivity contribution in [3.05, 3.63) is 0 Å². The maximum atomic E-state index is 10.5. The van der Waals surface area contributed by atoms with Crippen LogP contribution in [0.3, 0.4) is 0 Å². The van der Waals surface area contributed by atoms with Gasteiger partial charge in [0.25, 0.3) is 10.1 Å². The van der Waals surface area contributed by atoms with Crippen molar-refractivity contribution in [1.82, 2.24) is 5.32 Å². The lowest BCUT2D eigenvalue weighted by Gasteiger charge is -2.05. The monoisotopic (exact) mass is 195 g/mol. The second-order valence-corrected chi connectivity index (χ2v) is 4.04. The zero-order valence-corrected chi connectivity index (χ0v) is 7.26. The number of carbonyl (C=O) groups excluding carboxylic acids is 1. The van der Waals surface area contributed by atoms with Gasteiger partial charge in [0.1, 0.15) is 12.7 Å². The molecule has 0 aromatic rings. The fraction of sp³-hybridized carbons (Fsp3) is 0.800. The van der Waals surface area contributed by atoms with Crippen LogP contribution in [-0.4, -0.2) is 40.0 Å². The highest BCUT2D eigenvalue weighted by Gasteiger charge is 2.23. The molecule has 1 fully saturated rings. The van der Waals surface area contributed by atoms with Crippen LogP contribution in [0, 0.1) is 0 Å². The van der Waals surface area contributed by atoms with Gasteiger partial charge in [-0.1, -0.05) is 0 Å². The average molecular weight is 195 g/mol. The summed E-state index contributed by atoms with van der Waals surface area (Å²) in [6.45, 7) is 0.159. The molecule has 0 unspecified atom stereocenters. The lowest BCUT2D eigenvalue weighted by atomic mass is 10.4. The fourth-order valence-electron chi connectivity index (χ4n) is 0.724. The summed E-state index contributed by atoms with van der Waals surface area (Å²) in [7, 11) is -3.45. The van der Waals surface area contributed by atoms with Crippen molar-refractivity contribution in [2.75, 3.05) is 19.4 Å². The molecule has 6 nitrogen and oxygen atoms in total. The maximum absolute atomic E-state index is 10.5. The zero-order chi connectivity index (χ0) is 9.19. The number of cyclic esters (lactones) is 1. The first kappa shape index (κ1) is 9.27. The van der Waals surface area contributed by atoms with E-state index in [-0.39, 0.29) is 13.2 Å². The molecule has 0 aliphatic carbocycles. The van der Waals surface area contributed by atoms with Crippen LogP contribution < -0.4 is 5.32 Å². The van der Waals surface area contributed by atoms with E-state index in [2.05, 4.69) is 14.2 Å². The molecule has 1 saturated heterocycles. The third kappa shape index (κ3) is 3.05. The largest absolute Gasteiger partial charge is 0.442 e. The number of ether oxygens (including phenoxy) is 1. The Morgan fingerprint density at radius 2 is 2.42 bits per heavy atom. The van der Waals surface area contributed by atoms with Gasteiger partial charge < -0.3 is 10.1 Å². The molecule has 1 aliphatic heterocycles. The summed E-state index contributed by atoms with van der Waals surface area (Å²) < 4.78 is 30.0. The summed E-state index contributed by atoms with van der Waals surface area (Å²) in [5.41, 5.74) is 0. The van der Waals surface area contributed by atoms with Gasteiger partial charge in [0.05, 0.1) is 12.8 Å². The van der Waals surface area contributed by atoms with Gasteiger partial charge in [-0.15, -0.1) is 0 Å². The first-order valence-electron chi connectivity index (χ1n) is 3.26. The zero-order valence-electron chi connectivity index (χ0n) is 6.44. The van der Waals surface area contributed by atoms with Crippen molar-refractivity contribution in [3.8, 4) is 0 Å². The first-order chi connectivity index (χ1) is 5.47. The number of nitrogens with one attached hydrogen (secondary N) is 1. The maximum Gasteiger partial charge on any atom is 0.407 e. The SMILES string of the molecule is CS(=O)(=O)OC[C@H]1CNC(=O)O1. The lowest BCUT2D eigenvalue weighted by Crippen LogP contribution is -2.22. The molecule has 0 aromatic carbocycles. The van der Waals surface area contributed by atoms with E-state index in [1.165, 1.54) is 0 Å². The summed E-state index contributed by atoms with van der Waals surface area (Å²) >= 11 is 0. The standard InChI is InChI=1S/C5H9NO5S/c1-12(8,9)10-3-4-2-6-5(7)11-4/h4H,2-3H2,1H3,(H,6,7)/t4-/m1/s1. The van der Waals surface area contributed by atoms with E-state index < -0.39 is 22.3 Å². The summed E-state index contributed by atoms with van der Waals surface area (Å²) in [4.78, 5) is 10.4. The smallest absolute Gasteiger partial charge is 0.407 e.